The van der Waals surface area contributed by atoms with E-state index in [1.54, 1.807) is 21.8 Å². The van der Waals surface area contributed by atoms with Crippen molar-refractivity contribution in [3.63, 3.8) is 0 Å². The fourth-order valence-corrected chi connectivity index (χ4v) is 3.58. The average molecular weight is 378 g/mol. The number of rotatable bonds is 4. The molecule has 2 aromatic heterocycles. The SMILES string of the molecule is CCn1ccc(C(=O)N2CCc3c(C(N)=O)nc(-c4ccccc4)n3CC2)n1. The Morgan fingerprint density at radius 1 is 1.11 bits per heavy atom. The largest absolute Gasteiger partial charge is 0.364 e. The lowest BCUT2D eigenvalue weighted by Gasteiger charge is -2.19. The Kier molecular flexibility index (Phi) is 4.68. The number of hydrogen-bond donors (Lipinski definition) is 1. The number of aromatic nitrogens is 4. The van der Waals surface area contributed by atoms with E-state index < -0.39 is 5.91 Å². The lowest BCUT2D eigenvalue weighted by molar-refractivity contribution is 0.0752. The van der Waals surface area contributed by atoms with Gasteiger partial charge in [0.05, 0.1) is 5.69 Å². The summed E-state index contributed by atoms with van der Waals surface area (Å²) in [4.78, 5) is 31.1. The number of benzene rings is 1. The van der Waals surface area contributed by atoms with Crippen molar-refractivity contribution in [3.05, 3.63) is 59.7 Å². The number of hydrogen-bond acceptors (Lipinski definition) is 4. The average Bonchev–Trinajstić information content (AvgIpc) is 3.28. The predicted molar refractivity (Wildman–Crippen MR) is 104 cm³/mol. The van der Waals surface area contributed by atoms with Crippen LogP contribution in [0.5, 0.6) is 0 Å². The predicted octanol–water partition coefficient (Wildman–Crippen LogP) is 1.56. The fraction of sp³-hybridized carbons (Fsp3) is 0.300. The maximum atomic E-state index is 12.9. The second-order valence-corrected chi connectivity index (χ2v) is 6.71. The minimum absolute atomic E-state index is 0.104. The standard InChI is InChI=1S/C20H22N6O2/c1-2-25-11-8-15(23-25)20(28)24-10-9-16-17(18(21)27)22-19(26(16)13-12-24)14-6-4-3-5-7-14/h3-8,11H,2,9-10,12-13H2,1H3,(H2,21,27). The molecule has 8 heteroatoms. The molecule has 2 N–H and O–H groups in total. The molecule has 0 unspecified atom stereocenters. The van der Waals surface area contributed by atoms with Crippen LogP contribution in [0, 0.1) is 0 Å². The molecule has 1 aliphatic rings. The van der Waals surface area contributed by atoms with Crippen molar-refractivity contribution in [2.75, 3.05) is 13.1 Å². The van der Waals surface area contributed by atoms with E-state index in [-0.39, 0.29) is 11.6 Å². The first-order valence-electron chi connectivity index (χ1n) is 9.36. The summed E-state index contributed by atoms with van der Waals surface area (Å²) in [6, 6.07) is 11.4. The van der Waals surface area contributed by atoms with E-state index >= 15 is 0 Å². The number of fused-ring (bicyclic) bond motifs is 1. The third kappa shape index (κ3) is 3.17. The first-order valence-corrected chi connectivity index (χ1v) is 9.36. The molecule has 0 aliphatic carbocycles. The highest BCUT2D eigenvalue weighted by Gasteiger charge is 2.27. The molecule has 0 fully saturated rings. The minimum Gasteiger partial charge on any atom is -0.364 e. The number of nitrogens with two attached hydrogens (primary N) is 1. The molecule has 1 aliphatic heterocycles. The van der Waals surface area contributed by atoms with Crippen LogP contribution >= 0.6 is 0 Å². The topological polar surface area (TPSA) is 99.0 Å². The smallest absolute Gasteiger partial charge is 0.274 e. The van der Waals surface area contributed by atoms with Gasteiger partial charge in [-0.25, -0.2) is 4.98 Å². The number of imidazole rings is 1. The molecule has 28 heavy (non-hydrogen) atoms. The summed E-state index contributed by atoms with van der Waals surface area (Å²) in [5, 5.41) is 4.31. The van der Waals surface area contributed by atoms with Crippen LogP contribution in [0.25, 0.3) is 11.4 Å². The van der Waals surface area contributed by atoms with Crippen LogP contribution in [0.1, 0.15) is 33.6 Å². The molecule has 0 atom stereocenters. The molecule has 0 saturated carbocycles. The molecule has 0 saturated heterocycles. The summed E-state index contributed by atoms with van der Waals surface area (Å²) in [5.74, 6) is 0.0501. The van der Waals surface area contributed by atoms with Crippen molar-refractivity contribution >= 4 is 11.8 Å². The van der Waals surface area contributed by atoms with Gasteiger partial charge >= 0.3 is 0 Å². The molecule has 8 nitrogen and oxygen atoms in total. The zero-order valence-corrected chi connectivity index (χ0v) is 15.7. The van der Waals surface area contributed by atoms with Crippen LogP contribution in [0.4, 0.5) is 0 Å². The fourth-order valence-electron chi connectivity index (χ4n) is 3.58. The highest BCUT2D eigenvalue weighted by Crippen LogP contribution is 2.25. The minimum atomic E-state index is -0.549. The summed E-state index contributed by atoms with van der Waals surface area (Å²) < 4.78 is 3.74. The number of primary amides is 1. The van der Waals surface area contributed by atoms with E-state index in [4.69, 9.17) is 5.73 Å². The molecular weight excluding hydrogens is 356 g/mol. The van der Waals surface area contributed by atoms with E-state index in [1.807, 2.05) is 41.8 Å². The summed E-state index contributed by atoms with van der Waals surface area (Å²) in [7, 11) is 0. The Morgan fingerprint density at radius 2 is 1.89 bits per heavy atom. The molecule has 1 aromatic carbocycles. The van der Waals surface area contributed by atoms with Gasteiger partial charge in [0.1, 0.15) is 17.2 Å². The van der Waals surface area contributed by atoms with Gasteiger partial charge in [-0.2, -0.15) is 5.10 Å². The van der Waals surface area contributed by atoms with Crippen LogP contribution in [-0.4, -0.2) is 49.1 Å². The van der Waals surface area contributed by atoms with Crippen molar-refractivity contribution in [1.82, 2.24) is 24.2 Å². The van der Waals surface area contributed by atoms with Crippen LogP contribution in [0.2, 0.25) is 0 Å². The van der Waals surface area contributed by atoms with Gasteiger partial charge in [-0.3, -0.25) is 14.3 Å². The van der Waals surface area contributed by atoms with Gasteiger partial charge < -0.3 is 15.2 Å². The van der Waals surface area contributed by atoms with Gasteiger partial charge in [0, 0.05) is 44.4 Å². The van der Waals surface area contributed by atoms with E-state index in [1.165, 1.54) is 0 Å². The second kappa shape index (κ2) is 7.30. The first-order chi connectivity index (χ1) is 13.6. The number of carbonyl (C=O) groups is 2. The normalized spacial score (nSPS) is 13.8. The highest BCUT2D eigenvalue weighted by atomic mass is 16.2. The Morgan fingerprint density at radius 3 is 2.57 bits per heavy atom. The zero-order chi connectivity index (χ0) is 19.7. The summed E-state index contributed by atoms with van der Waals surface area (Å²) in [5.41, 5.74) is 7.98. The molecular formula is C20H22N6O2. The van der Waals surface area contributed by atoms with E-state index in [0.717, 1.165) is 11.3 Å². The van der Waals surface area contributed by atoms with E-state index in [0.29, 0.717) is 44.1 Å². The molecule has 0 radical (unpaired) electrons. The molecule has 3 heterocycles. The van der Waals surface area contributed by atoms with Gasteiger partial charge in [0.25, 0.3) is 11.8 Å². The van der Waals surface area contributed by atoms with Crippen molar-refractivity contribution in [3.8, 4) is 11.4 Å². The Labute approximate surface area is 162 Å². The van der Waals surface area contributed by atoms with Gasteiger partial charge in [-0.1, -0.05) is 30.3 Å². The maximum absolute atomic E-state index is 12.9. The molecule has 4 rings (SSSR count). The van der Waals surface area contributed by atoms with Gasteiger partial charge in [-0.15, -0.1) is 0 Å². The van der Waals surface area contributed by atoms with Crippen LogP contribution in [0.3, 0.4) is 0 Å². The van der Waals surface area contributed by atoms with Crippen molar-refractivity contribution in [2.24, 2.45) is 5.73 Å². The summed E-state index contributed by atoms with van der Waals surface area (Å²) >= 11 is 0. The third-order valence-electron chi connectivity index (χ3n) is 5.02. The van der Waals surface area contributed by atoms with Crippen molar-refractivity contribution < 1.29 is 9.59 Å². The van der Waals surface area contributed by atoms with Gasteiger partial charge in [0.2, 0.25) is 0 Å². The quantitative estimate of drug-likeness (QED) is 0.745. The molecule has 0 bridgehead atoms. The molecule has 144 valence electrons. The Hall–Kier alpha value is -3.42. The van der Waals surface area contributed by atoms with Gasteiger partial charge in [-0.05, 0) is 13.0 Å². The van der Waals surface area contributed by atoms with Crippen molar-refractivity contribution in [2.45, 2.75) is 26.4 Å². The molecule has 0 spiro atoms. The highest BCUT2D eigenvalue weighted by molar-refractivity contribution is 5.93. The Bertz CT molecular complexity index is 1020. The van der Waals surface area contributed by atoms with Crippen LogP contribution < -0.4 is 5.73 Å². The molecule has 3 aromatic rings. The number of amides is 2. The maximum Gasteiger partial charge on any atom is 0.274 e. The summed E-state index contributed by atoms with van der Waals surface area (Å²) in [6.45, 7) is 4.23. The first kappa shape index (κ1) is 18.0. The van der Waals surface area contributed by atoms with Crippen LogP contribution in [0.15, 0.2) is 42.6 Å². The molecule has 2 amide bonds. The lowest BCUT2D eigenvalue weighted by Crippen LogP contribution is -2.34. The van der Waals surface area contributed by atoms with Crippen LogP contribution in [-0.2, 0) is 19.5 Å². The van der Waals surface area contributed by atoms with E-state index in [2.05, 4.69) is 10.1 Å². The monoisotopic (exact) mass is 378 g/mol. The zero-order valence-electron chi connectivity index (χ0n) is 15.7. The van der Waals surface area contributed by atoms with E-state index in [9.17, 15) is 9.59 Å². The number of carbonyl (C=O) groups excluding carboxylic acids is 2. The summed E-state index contributed by atoms with van der Waals surface area (Å²) in [6.07, 6.45) is 2.31. The van der Waals surface area contributed by atoms with Crippen molar-refractivity contribution in [1.29, 1.82) is 0 Å². The number of nitrogens with zero attached hydrogens (tertiary/aromatic N) is 5. The number of aryl methyl sites for hydroxylation is 1. The van der Waals surface area contributed by atoms with Gasteiger partial charge in [0.15, 0.2) is 0 Å². The Balaban J connectivity index is 1.65. The third-order valence-corrected chi connectivity index (χ3v) is 5.02. The second-order valence-electron chi connectivity index (χ2n) is 6.71. The lowest BCUT2D eigenvalue weighted by atomic mass is 10.2.